The molecule has 1 aliphatic rings. The van der Waals surface area contributed by atoms with E-state index in [1.165, 1.54) is 54.8 Å². The molecule has 0 bridgehead atoms. The Hall–Kier alpha value is -3.06. The first-order valence-electron chi connectivity index (χ1n) is 8.83. The molecule has 0 N–H and O–H groups in total. The van der Waals surface area contributed by atoms with E-state index < -0.39 is 0 Å². The molecule has 0 fully saturated rings. The zero-order valence-electron chi connectivity index (χ0n) is 14.1. The summed E-state index contributed by atoms with van der Waals surface area (Å²) in [4.78, 5) is 0. The third kappa shape index (κ3) is 1.58. The number of hydrogen-bond donors (Lipinski definition) is 0. The van der Waals surface area contributed by atoms with Crippen molar-refractivity contribution in [1.82, 2.24) is 4.57 Å². The molecule has 118 valence electrons. The summed E-state index contributed by atoms with van der Waals surface area (Å²) in [6, 6.07) is 26.8. The van der Waals surface area contributed by atoms with E-state index in [-0.39, 0.29) is 0 Å². The van der Waals surface area contributed by atoms with Crippen molar-refractivity contribution >= 4 is 32.6 Å². The molecule has 0 aliphatic heterocycles. The van der Waals surface area contributed by atoms with Crippen LogP contribution < -0.4 is 0 Å². The van der Waals surface area contributed by atoms with Crippen LogP contribution in [0.5, 0.6) is 0 Å². The number of rotatable bonds is 0. The van der Waals surface area contributed by atoms with E-state index in [1.807, 2.05) is 0 Å². The van der Waals surface area contributed by atoms with Crippen LogP contribution in [-0.2, 0) is 13.5 Å². The molecule has 1 nitrogen and oxygen atoms in total. The van der Waals surface area contributed by atoms with Gasteiger partial charge in [0.15, 0.2) is 0 Å². The van der Waals surface area contributed by atoms with Crippen molar-refractivity contribution < 1.29 is 0 Å². The third-order valence-electron chi connectivity index (χ3n) is 5.85. The Morgan fingerprint density at radius 2 is 1.36 bits per heavy atom. The highest BCUT2D eigenvalue weighted by Crippen LogP contribution is 2.42. The maximum atomic E-state index is 2.35. The number of aromatic nitrogens is 1. The summed E-state index contributed by atoms with van der Waals surface area (Å²) in [5.41, 5.74) is 8.37. The maximum Gasteiger partial charge on any atom is 0.0568 e. The molecule has 1 heteroatoms. The third-order valence-corrected chi connectivity index (χ3v) is 5.85. The zero-order chi connectivity index (χ0) is 16.5. The van der Waals surface area contributed by atoms with Crippen LogP contribution in [0.15, 0.2) is 72.8 Å². The van der Waals surface area contributed by atoms with E-state index in [0.717, 1.165) is 6.42 Å². The zero-order valence-corrected chi connectivity index (χ0v) is 14.1. The normalized spacial score (nSPS) is 12.8. The monoisotopic (exact) mass is 319 g/mol. The second kappa shape index (κ2) is 4.52. The molecule has 0 saturated carbocycles. The van der Waals surface area contributed by atoms with Gasteiger partial charge in [0, 0.05) is 28.7 Å². The molecule has 0 spiro atoms. The average molecular weight is 319 g/mol. The molecular formula is C24H17N. The molecule has 0 unspecified atom stereocenters. The largest absolute Gasteiger partial charge is 0.343 e. The van der Waals surface area contributed by atoms with Gasteiger partial charge in [-0.1, -0.05) is 66.7 Å². The Balaban J connectivity index is 1.78. The fraction of sp³-hybridized carbons (Fsp3) is 0.0833. The van der Waals surface area contributed by atoms with Crippen molar-refractivity contribution in [1.29, 1.82) is 0 Å². The van der Waals surface area contributed by atoms with Crippen LogP contribution in [0, 0.1) is 0 Å². The second-order valence-corrected chi connectivity index (χ2v) is 7.06. The van der Waals surface area contributed by atoms with Crippen LogP contribution in [0.3, 0.4) is 0 Å². The van der Waals surface area contributed by atoms with Gasteiger partial charge in [-0.15, -0.1) is 0 Å². The van der Waals surface area contributed by atoms with Gasteiger partial charge in [0.1, 0.15) is 0 Å². The fourth-order valence-corrected chi connectivity index (χ4v) is 4.72. The summed E-state index contributed by atoms with van der Waals surface area (Å²) in [5.74, 6) is 0. The molecule has 1 aromatic heterocycles. The van der Waals surface area contributed by atoms with Crippen molar-refractivity contribution in [2.75, 3.05) is 0 Å². The van der Waals surface area contributed by atoms with Crippen molar-refractivity contribution in [3.8, 4) is 11.1 Å². The summed E-state index contributed by atoms with van der Waals surface area (Å²) < 4.78 is 2.35. The smallest absolute Gasteiger partial charge is 0.0568 e. The lowest BCUT2D eigenvalue weighted by Gasteiger charge is -2.09. The standard InChI is InChI=1S/C24H17N/c1-25-23-9-5-4-8-19(23)21-13-11-18-20(24(21)25)12-10-17-16-7-3-2-6-15(16)14-22(17)18/h2-13H,14H2,1H3. The SMILES string of the molecule is Cn1c2ccccc2c2ccc3c4c(ccc3c21)-c1ccccc1C4. The van der Waals surface area contributed by atoms with E-state index in [4.69, 9.17) is 0 Å². The number of aryl methyl sites for hydroxylation is 1. The molecule has 0 atom stereocenters. The second-order valence-electron chi connectivity index (χ2n) is 7.06. The summed E-state index contributed by atoms with van der Waals surface area (Å²) in [7, 11) is 2.19. The average Bonchev–Trinajstić information content (AvgIpc) is 3.18. The predicted molar refractivity (Wildman–Crippen MR) is 106 cm³/mol. The van der Waals surface area contributed by atoms with Gasteiger partial charge >= 0.3 is 0 Å². The lowest BCUT2D eigenvalue weighted by Crippen LogP contribution is -1.90. The van der Waals surface area contributed by atoms with E-state index >= 15 is 0 Å². The lowest BCUT2D eigenvalue weighted by molar-refractivity contribution is 1.02. The van der Waals surface area contributed by atoms with Gasteiger partial charge in [0.25, 0.3) is 0 Å². The number of para-hydroxylation sites is 1. The minimum absolute atomic E-state index is 1.04. The van der Waals surface area contributed by atoms with Crippen molar-refractivity contribution in [3.05, 3.63) is 83.9 Å². The predicted octanol–water partition coefficient (Wildman–Crippen LogP) is 6.06. The Kier molecular flexibility index (Phi) is 2.39. The first-order valence-corrected chi connectivity index (χ1v) is 8.83. The fourth-order valence-electron chi connectivity index (χ4n) is 4.72. The molecule has 0 radical (unpaired) electrons. The highest BCUT2D eigenvalue weighted by molar-refractivity contribution is 6.18. The van der Waals surface area contributed by atoms with E-state index in [0.29, 0.717) is 0 Å². The van der Waals surface area contributed by atoms with Gasteiger partial charge < -0.3 is 4.57 Å². The molecule has 6 rings (SSSR count). The number of hydrogen-bond acceptors (Lipinski definition) is 0. The van der Waals surface area contributed by atoms with Crippen LogP contribution in [-0.4, -0.2) is 4.57 Å². The quantitative estimate of drug-likeness (QED) is 0.321. The van der Waals surface area contributed by atoms with Gasteiger partial charge in [-0.25, -0.2) is 0 Å². The Bertz CT molecular complexity index is 1320. The summed E-state index contributed by atoms with van der Waals surface area (Å²) in [6.45, 7) is 0. The van der Waals surface area contributed by atoms with Gasteiger partial charge in [-0.2, -0.15) is 0 Å². The first kappa shape index (κ1) is 13.3. The van der Waals surface area contributed by atoms with Crippen LogP contribution in [0.1, 0.15) is 11.1 Å². The molecule has 4 aromatic carbocycles. The highest BCUT2D eigenvalue weighted by Gasteiger charge is 2.21. The Morgan fingerprint density at radius 3 is 2.32 bits per heavy atom. The topological polar surface area (TPSA) is 4.93 Å². The number of benzene rings is 4. The van der Waals surface area contributed by atoms with Crippen molar-refractivity contribution in [3.63, 3.8) is 0 Å². The molecular weight excluding hydrogens is 302 g/mol. The van der Waals surface area contributed by atoms with Crippen LogP contribution in [0.4, 0.5) is 0 Å². The highest BCUT2D eigenvalue weighted by atomic mass is 14.9. The summed E-state index contributed by atoms with van der Waals surface area (Å²) >= 11 is 0. The maximum absolute atomic E-state index is 2.35. The summed E-state index contributed by atoms with van der Waals surface area (Å²) in [6.07, 6.45) is 1.04. The molecule has 0 saturated heterocycles. The summed E-state index contributed by atoms with van der Waals surface area (Å²) in [5, 5.41) is 5.45. The minimum atomic E-state index is 1.04. The van der Waals surface area contributed by atoms with Gasteiger partial charge in [0.2, 0.25) is 0 Å². The lowest BCUT2D eigenvalue weighted by atomic mass is 9.97. The first-order chi connectivity index (χ1) is 12.3. The van der Waals surface area contributed by atoms with E-state index in [2.05, 4.69) is 84.4 Å². The van der Waals surface area contributed by atoms with Gasteiger partial charge in [0.05, 0.1) is 5.52 Å². The Morgan fingerprint density at radius 1 is 0.640 bits per heavy atom. The Labute approximate surface area is 146 Å². The number of fused-ring (bicyclic) bond motifs is 9. The minimum Gasteiger partial charge on any atom is -0.343 e. The van der Waals surface area contributed by atoms with Gasteiger partial charge in [-0.05, 0) is 40.1 Å². The molecule has 5 aromatic rings. The van der Waals surface area contributed by atoms with E-state index in [9.17, 15) is 0 Å². The molecule has 1 aliphatic carbocycles. The molecule has 1 heterocycles. The number of nitrogens with zero attached hydrogens (tertiary/aromatic N) is 1. The van der Waals surface area contributed by atoms with E-state index in [1.54, 1.807) is 0 Å². The molecule has 0 amide bonds. The van der Waals surface area contributed by atoms with Crippen LogP contribution in [0.25, 0.3) is 43.7 Å². The van der Waals surface area contributed by atoms with Crippen LogP contribution in [0.2, 0.25) is 0 Å². The van der Waals surface area contributed by atoms with Crippen LogP contribution >= 0.6 is 0 Å². The van der Waals surface area contributed by atoms with Crippen molar-refractivity contribution in [2.24, 2.45) is 7.05 Å². The molecule has 25 heavy (non-hydrogen) atoms. The van der Waals surface area contributed by atoms with Gasteiger partial charge in [-0.3, -0.25) is 0 Å². The van der Waals surface area contributed by atoms with Crippen molar-refractivity contribution in [2.45, 2.75) is 6.42 Å².